The molecule has 2 aromatic heterocycles. The van der Waals surface area contributed by atoms with Crippen LogP contribution in [0.1, 0.15) is 41.6 Å². The number of aromatic hydroxyl groups is 1. The predicted molar refractivity (Wildman–Crippen MR) is 137 cm³/mol. The van der Waals surface area contributed by atoms with E-state index in [0.29, 0.717) is 50.7 Å². The summed E-state index contributed by atoms with van der Waals surface area (Å²) in [6.07, 6.45) is -1.74. The first-order valence-corrected chi connectivity index (χ1v) is 12.8. The molecule has 2 fully saturated rings. The van der Waals surface area contributed by atoms with E-state index < -0.39 is 23.4 Å². The van der Waals surface area contributed by atoms with Gasteiger partial charge < -0.3 is 24.2 Å². The van der Waals surface area contributed by atoms with Gasteiger partial charge in [-0.15, -0.1) is 0 Å². The molecule has 2 aliphatic heterocycles. The number of ketones is 1. The number of nitrogens with zero attached hydrogens (tertiary/aromatic N) is 5. The highest BCUT2D eigenvalue weighted by atomic mass is 19.4. The first kappa shape index (κ1) is 25.9. The van der Waals surface area contributed by atoms with Crippen LogP contribution < -0.4 is 14.7 Å². The third kappa shape index (κ3) is 5.56. The smallest absolute Gasteiger partial charge is 0.437 e. The molecule has 38 heavy (non-hydrogen) atoms. The van der Waals surface area contributed by atoms with Crippen LogP contribution in [0.2, 0.25) is 0 Å². The van der Waals surface area contributed by atoms with Crippen LogP contribution in [0.15, 0.2) is 47.0 Å². The third-order valence-electron chi connectivity index (χ3n) is 7.07. The molecule has 0 aliphatic carbocycles. The summed E-state index contributed by atoms with van der Waals surface area (Å²) in [5.41, 5.74) is 0.00413. The number of aromatic nitrogens is 2. The molecule has 11 heteroatoms. The second-order valence-corrected chi connectivity index (χ2v) is 9.95. The van der Waals surface area contributed by atoms with Gasteiger partial charge in [0.05, 0.1) is 5.69 Å². The number of alkyl halides is 3. The van der Waals surface area contributed by atoms with Gasteiger partial charge in [0.2, 0.25) is 11.5 Å². The fourth-order valence-electron chi connectivity index (χ4n) is 5.07. The number of phenols is 1. The van der Waals surface area contributed by atoms with E-state index in [9.17, 15) is 23.1 Å². The van der Waals surface area contributed by atoms with Crippen LogP contribution >= 0.6 is 0 Å². The van der Waals surface area contributed by atoms with Crippen molar-refractivity contribution in [1.29, 1.82) is 0 Å². The van der Waals surface area contributed by atoms with Crippen molar-refractivity contribution in [3.8, 4) is 5.75 Å². The zero-order valence-corrected chi connectivity index (χ0v) is 21.1. The van der Waals surface area contributed by atoms with Gasteiger partial charge in [-0.3, -0.25) is 4.79 Å². The van der Waals surface area contributed by atoms with Crippen LogP contribution in [-0.4, -0.2) is 60.1 Å². The number of halogens is 3. The number of rotatable bonds is 6. The molecule has 0 radical (unpaired) electrons. The molecule has 1 atom stereocenters. The highest BCUT2D eigenvalue weighted by Gasteiger charge is 2.42. The molecule has 2 aliphatic rings. The Morgan fingerprint density at radius 3 is 2.45 bits per heavy atom. The quantitative estimate of drug-likeness (QED) is 0.457. The van der Waals surface area contributed by atoms with E-state index in [-0.39, 0.29) is 18.2 Å². The lowest BCUT2D eigenvalue weighted by atomic mass is 10.0. The molecular weight excluding hydrogens is 499 g/mol. The van der Waals surface area contributed by atoms with Crippen molar-refractivity contribution >= 4 is 23.3 Å². The van der Waals surface area contributed by atoms with Gasteiger partial charge in [0, 0.05) is 51.9 Å². The van der Waals surface area contributed by atoms with Crippen molar-refractivity contribution in [2.45, 2.75) is 32.4 Å². The van der Waals surface area contributed by atoms with Gasteiger partial charge in [0.15, 0.2) is 5.69 Å². The van der Waals surface area contributed by atoms with E-state index >= 15 is 0 Å². The van der Waals surface area contributed by atoms with Crippen LogP contribution in [0.5, 0.6) is 5.75 Å². The Labute approximate surface area is 218 Å². The number of hydrogen-bond donors (Lipinski definition) is 1. The molecule has 1 N–H and O–H groups in total. The zero-order valence-electron chi connectivity index (χ0n) is 21.1. The maximum Gasteiger partial charge on any atom is 0.437 e. The summed E-state index contributed by atoms with van der Waals surface area (Å²) in [7, 11) is 0. The Kier molecular flexibility index (Phi) is 7.18. The minimum atomic E-state index is -4.80. The number of phenolic OH excluding ortho intramolecular Hbond substituents is 1. The molecular formula is C27H30F3N5O3. The van der Waals surface area contributed by atoms with Gasteiger partial charge in [-0.1, -0.05) is 25.1 Å². The van der Waals surface area contributed by atoms with Crippen molar-refractivity contribution in [1.82, 2.24) is 9.97 Å². The van der Waals surface area contributed by atoms with Crippen LogP contribution in [0.4, 0.5) is 30.7 Å². The third-order valence-corrected chi connectivity index (χ3v) is 7.07. The van der Waals surface area contributed by atoms with E-state index in [1.165, 1.54) is 6.20 Å². The number of benzene rings is 1. The fourth-order valence-corrected chi connectivity index (χ4v) is 5.07. The van der Waals surface area contributed by atoms with Gasteiger partial charge in [0.1, 0.15) is 11.6 Å². The SMILES string of the molecule is CC1CCCN(c2nc(C(F)(F)F)c(C(=O)Cc3ccc(N4CCN(c5ccccc5O)CC4)nc3)o2)C1. The normalized spacial score (nSPS) is 18.6. The first-order chi connectivity index (χ1) is 18.2. The summed E-state index contributed by atoms with van der Waals surface area (Å²) in [4.78, 5) is 26.9. The molecule has 202 valence electrons. The van der Waals surface area contributed by atoms with E-state index in [0.717, 1.165) is 24.3 Å². The van der Waals surface area contributed by atoms with Gasteiger partial charge >= 0.3 is 6.18 Å². The van der Waals surface area contributed by atoms with E-state index in [1.54, 1.807) is 29.2 Å². The number of piperidine rings is 1. The van der Waals surface area contributed by atoms with Crippen molar-refractivity contribution in [2.24, 2.45) is 5.92 Å². The molecule has 1 aromatic carbocycles. The molecule has 2 saturated heterocycles. The first-order valence-electron chi connectivity index (χ1n) is 12.8. The minimum Gasteiger partial charge on any atom is -0.506 e. The standard InChI is InChI=1S/C27H30F3N5O3/c1-18-5-4-10-35(17-18)26-32-25(27(28,29)30)24(38-26)22(37)15-19-8-9-23(31-16-19)34-13-11-33(12-14-34)20-6-2-3-7-21(20)36/h2-3,6-9,16,18,36H,4-5,10-15,17H2,1H3. The lowest BCUT2D eigenvalue weighted by Gasteiger charge is -2.36. The summed E-state index contributed by atoms with van der Waals surface area (Å²) in [6, 6.07) is 10.5. The lowest BCUT2D eigenvalue weighted by Crippen LogP contribution is -2.46. The van der Waals surface area contributed by atoms with Crippen LogP contribution in [0.3, 0.4) is 0 Å². The van der Waals surface area contributed by atoms with Gasteiger partial charge in [-0.2, -0.15) is 18.2 Å². The Balaban J connectivity index is 1.25. The predicted octanol–water partition coefficient (Wildman–Crippen LogP) is 4.78. The Hall–Kier alpha value is -3.76. The average molecular weight is 530 g/mol. The topological polar surface area (TPSA) is 85.9 Å². The van der Waals surface area contributed by atoms with Crippen molar-refractivity contribution in [2.75, 3.05) is 54.0 Å². The van der Waals surface area contributed by atoms with Gasteiger partial charge in [-0.05, 0) is 42.5 Å². The Morgan fingerprint density at radius 2 is 1.79 bits per heavy atom. The monoisotopic (exact) mass is 529 g/mol. The second-order valence-electron chi connectivity index (χ2n) is 9.95. The fraction of sp³-hybridized carbons (Fsp3) is 0.444. The summed E-state index contributed by atoms with van der Waals surface area (Å²) in [5, 5.41) is 10.1. The number of carbonyl (C=O) groups excluding carboxylic acids is 1. The van der Waals surface area contributed by atoms with E-state index in [2.05, 4.69) is 19.8 Å². The Bertz CT molecular complexity index is 1270. The molecule has 1 unspecified atom stereocenters. The number of para-hydroxylation sites is 2. The summed E-state index contributed by atoms with van der Waals surface area (Å²) < 4.78 is 46.5. The van der Waals surface area contributed by atoms with Crippen molar-refractivity contribution in [3.05, 3.63) is 59.6 Å². The van der Waals surface area contributed by atoms with E-state index in [4.69, 9.17) is 4.42 Å². The summed E-state index contributed by atoms with van der Waals surface area (Å²) in [6.45, 7) is 5.87. The Morgan fingerprint density at radius 1 is 1.05 bits per heavy atom. The largest absolute Gasteiger partial charge is 0.506 e. The number of hydrogen-bond acceptors (Lipinski definition) is 8. The summed E-state index contributed by atoms with van der Waals surface area (Å²) >= 11 is 0. The van der Waals surface area contributed by atoms with Crippen LogP contribution in [0.25, 0.3) is 0 Å². The van der Waals surface area contributed by atoms with Crippen molar-refractivity contribution in [3.63, 3.8) is 0 Å². The molecule has 8 nitrogen and oxygen atoms in total. The number of pyridine rings is 1. The zero-order chi connectivity index (χ0) is 26.9. The maximum atomic E-state index is 13.7. The number of oxazole rings is 1. The van der Waals surface area contributed by atoms with Crippen LogP contribution in [0, 0.1) is 5.92 Å². The average Bonchev–Trinajstić information content (AvgIpc) is 3.37. The van der Waals surface area contributed by atoms with Crippen molar-refractivity contribution < 1.29 is 27.5 Å². The number of Topliss-reactive ketones (excluding diaryl/α,β-unsaturated/α-hetero) is 1. The lowest BCUT2D eigenvalue weighted by molar-refractivity contribution is -0.141. The van der Waals surface area contributed by atoms with Gasteiger partial charge in [0.25, 0.3) is 6.01 Å². The summed E-state index contributed by atoms with van der Waals surface area (Å²) in [5.74, 6) is -0.273. The maximum absolute atomic E-state index is 13.7. The van der Waals surface area contributed by atoms with Crippen LogP contribution in [-0.2, 0) is 12.6 Å². The second kappa shape index (κ2) is 10.5. The minimum absolute atomic E-state index is 0.149. The molecule has 5 rings (SSSR count). The highest BCUT2D eigenvalue weighted by Crippen LogP contribution is 2.36. The number of piperazine rings is 1. The molecule has 3 aromatic rings. The van der Waals surface area contributed by atoms with E-state index in [1.807, 2.05) is 19.1 Å². The van der Waals surface area contributed by atoms with Gasteiger partial charge in [-0.25, -0.2) is 4.98 Å². The highest BCUT2D eigenvalue weighted by molar-refractivity contribution is 5.96. The molecule has 0 amide bonds. The molecule has 0 spiro atoms. The number of carbonyl (C=O) groups is 1. The molecule has 0 saturated carbocycles. The molecule has 0 bridgehead atoms. The molecule has 4 heterocycles. The number of anilines is 3.